The van der Waals surface area contributed by atoms with E-state index in [2.05, 4.69) is 39.1 Å². The number of ether oxygens (including phenoxy) is 1. The van der Waals surface area contributed by atoms with Crippen molar-refractivity contribution >= 4 is 11.9 Å². The minimum absolute atomic E-state index is 0.174. The molecule has 3 heterocycles. The van der Waals surface area contributed by atoms with E-state index < -0.39 is 11.9 Å². The zero-order valence-electron chi connectivity index (χ0n) is 20.8. The monoisotopic (exact) mass is 505 g/mol. The molecule has 2 atom stereocenters. The Morgan fingerprint density at radius 3 is 2.28 bits per heavy atom. The summed E-state index contributed by atoms with van der Waals surface area (Å²) in [5, 5.41) is 0. The summed E-state index contributed by atoms with van der Waals surface area (Å²) in [6.07, 6.45) is 0.0878. The van der Waals surface area contributed by atoms with Crippen molar-refractivity contribution < 1.29 is 22.7 Å². The second-order valence-electron chi connectivity index (χ2n) is 9.88. The van der Waals surface area contributed by atoms with E-state index >= 15 is 0 Å². The summed E-state index contributed by atoms with van der Waals surface area (Å²) in [6, 6.07) is 10.1. The molecule has 0 aliphatic carbocycles. The molecule has 0 bridgehead atoms. The molecule has 0 saturated carbocycles. The average molecular weight is 506 g/mol. The van der Waals surface area contributed by atoms with Gasteiger partial charge in [0.05, 0.1) is 31.1 Å². The van der Waals surface area contributed by atoms with Gasteiger partial charge in [0.25, 0.3) is 0 Å². The Labute approximate surface area is 210 Å². The van der Waals surface area contributed by atoms with Gasteiger partial charge >= 0.3 is 12.3 Å². The van der Waals surface area contributed by atoms with Gasteiger partial charge in [-0.15, -0.1) is 0 Å². The molecule has 0 spiro atoms. The minimum atomic E-state index is -4.52. The summed E-state index contributed by atoms with van der Waals surface area (Å²) >= 11 is 0. The molecule has 2 aliphatic rings. The van der Waals surface area contributed by atoms with Crippen LogP contribution >= 0.6 is 0 Å². The van der Waals surface area contributed by atoms with Gasteiger partial charge in [-0.2, -0.15) is 13.2 Å². The fourth-order valence-corrected chi connectivity index (χ4v) is 5.16. The largest absolute Gasteiger partial charge is 0.449 e. The third-order valence-corrected chi connectivity index (χ3v) is 7.09. The van der Waals surface area contributed by atoms with E-state index in [0.717, 1.165) is 51.3 Å². The summed E-state index contributed by atoms with van der Waals surface area (Å²) in [7, 11) is 0. The molecule has 10 heteroatoms. The number of carbonyl (C=O) groups excluding carboxylic acids is 1. The number of benzene rings is 1. The first-order valence-electron chi connectivity index (χ1n) is 12.6. The van der Waals surface area contributed by atoms with Crippen LogP contribution in [0.1, 0.15) is 44.4 Å². The predicted octanol–water partition coefficient (Wildman–Crippen LogP) is 4.83. The number of hydrogen-bond donors (Lipinski definition) is 0. The number of aromatic nitrogens is 2. The molecular formula is C26H34F3N5O2. The fourth-order valence-electron chi connectivity index (χ4n) is 5.16. The zero-order chi connectivity index (χ0) is 25.7. The first-order chi connectivity index (χ1) is 17.2. The van der Waals surface area contributed by atoms with Crippen molar-refractivity contribution in [3.05, 3.63) is 54.0 Å². The molecule has 36 heavy (non-hydrogen) atoms. The lowest BCUT2D eigenvalue weighted by molar-refractivity contribution is -0.141. The maximum Gasteiger partial charge on any atom is 0.434 e. The highest BCUT2D eigenvalue weighted by molar-refractivity contribution is 5.69. The molecule has 1 aromatic carbocycles. The van der Waals surface area contributed by atoms with Crippen molar-refractivity contribution in [3.8, 4) is 0 Å². The number of piperazine rings is 1. The SMILES string of the molecule is CC1CN(c2cnc(C(F)(F)F)cn2)C[C@@H](C)N1C(=O)OCCC1CCN(Cc2ccccc2)CC1. The Morgan fingerprint density at radius 1 is 1.03 bits per heavy atom. The van der Waals surface area contributed by atoms with Crippen LogP contribution in [-0.4, -0.2) is 70.7 Å². The number of amides is 1. The number of carbonyl (C=O) groups is 1. The highest BCUT2D eigenvalue weighted by atomic mass is 19.4. The third-order valence-electron chi connectivity index (χ3n) is 7.09. The van der Waals surface area contributed by atoms with E-state index in [1.807, 2.05) is 24.8 Å². The van der Waals surface area contributed by atoms with Crippen LogP contribution in [0.3, 0.4) is 0 Å². The lowest BCUT2D eigenvalue weighted by Gasteiger charge is -2.44. The number of nitrogens with zero attached hydrogens (tertiary/aromatic N) is 5. The van der Waals surface area contributed by atoms with Gasteiger partial charge in [0.15, 0.2) is 5.69 Å². The number of anilines is 1. The molecular weight excluding hydrogens is 471 g/mol. The van der Waals surface area contributed by atoms with Crippen LogP contribution in [0.25, 0.3) is 0 Å². The standard InChI is InChI=1S/C26H34F3N5O2/c1-19-16-33(24-15-30-23(14-31-24)26(27,28)29)17-20(2)34(19)25(35)36-13-10-21-8-11-32(12-9-21)18-22-6-4-3-5-7-22/h3-7,14-15,19-21H,8-13,16-18H2,1-2H3/t19-,20?/m1/s1. The van der Waals surface area contributed by atoms with Crippen LogP contribution in [0, 0.1) is 5.92 Å². The topological polar surface area (TPSA) is 61.8 Å². The lowest BCUT2D eigenvalue weighted by atomic mass is 9.93. The molecule has 2 aromatic rings. The number of alkyl halides is 3. The number of likely N-dealkylation sites (tertiary alicyclic amines) is 1. The van der Waals surface area contributed by atoms with Crippen molar-refractivity contribution in [3.63, 3.8) is 0 Å². The smallest absolute Gasteiger partial charge is 0.434 e. The van der Waals surface area contributed by atoms with Crippen molar-refractivity contribution in [2.24, 2.45) is 5.92 Å². The molecule has 4 rings (SSSR count). The van der Waals surface area contributed by atoms with E-state index in [-0.39, 0.29) is 18.2 Å². The number of hydrogen-bond acceptors (Lipinski definition) is 6. The Kier molecular flexibility index (Phi) is 8.33. The van der Waals surface area contributed by atoms with Gasteiger partial charge < -0.3 is 9.64 Å². The molecule has 1 aromatic heterocycles. The van der Waals surface area contributed by atoms with Crippen molar-refractivity contribution in [2.75, 3.05) is 37.7 Å². The second-order valence-corrected chi connectivity index (χ2v) is 9.88. The van der Waals surface area contributed by atoms with Crippen molar-refractivity contribution in [1.29, 1.82) is 0 Å². The Bertz CT molecular complexity index is 969. The summed E-state index contributed by atoms with van der Waals surface area (Å²) in [4.78, 5) is 26.3. The van der Waals surface area contributed by atoms with Gasteiger partial charge in [0, 0.05) is 19.6 Å². The maximum absolute atomic E-state index is 12.8. The van der Waals surface area contributed by atoms with Crippen LogP contribution in [0.2, 0.25) is 0 Å². The summed E-state index contributed by atoms with van der Waals surface area (Å²) in [6.45, 7) is 8.17. The minimum Gasteiger partial charge on any atom is -0.449 e. The number of halogens is 3. The number of rotatable bonds is 6. The third kappa shape index (κ3) is 6.66. The van der Waals surface area contributed by atoms with Gasteiger partial charge in [-0.1, -0.05) is 30.3 Å². The number of piperidine rings is 1. The molecule has 1 unspecified atom stereocenters. The lowest BCUT2D eigenvalue weighted by Crippen LogP contribution is -2.59. The van der Waals surface area contributed by atoms with E-state index in [1.54, 1.807) is 4.90 Å². The zero-order valence-corrected chi connectivity index (χ0v) is 20.8. The Morgan fingerprint density at radius 2 is 1.69 bits per heavy atom. The first-order valence-corrected chi connectivity index (χ1v) is 12.6. The van der Waals surface area contributed by atoms with Gasteiger partial charge in [-0.05, 0) is 57.7 Å². The highest BCUT2D eigenvalue weighted by Crippen LogP contribution is 2.28. The molecule has 196 valence electrons. The summed E-state index contributed by atoms with van der Waals surface area (Å²) in [5.74, 6) is 0.920. The molecule has 0 radical (unpaired) electrons. The molecule has 2 saturated heterocycles. The van der Waals surface area contributed by atoms with Crippen LogP contribution in [0.5, 0.6) is 0 Å². The van der Waals surface area contributed by atoms with Crippen LogP contribution in [0.15, 0.2) is 42.7 Å². The van der Waals surface area contributed by atoms with E-state index in [9.17, 15) is 18.0 Å². The van der Waals surface area contributed by atoms with Gasteiger partial charge in [0.2, 0.25) is 0 Å². The molecule has 1 amide bonds. The summed E-state index contributed by atoms with van der Waals surface area (Å²) in [5.41, 5.74) is 0.315. The normalized spacial score (nSPS) is 22.0. The molecule has 7 nitrogen and oxygen atoms in total. The average Bonchev–Trinajstić information content (AvgIpc) is 2.85. The predicted molar refractivity (Wildman–Crippen MR) is 130 cm³/mol. The van der Waals surface area contributed by atoms with Crippen molar-refractivity contribution in [2.45, 2.75) is 57.9 Å². The molecule has 2 fully saturated rings. The Balaban J connectivity index is 1.20. The van der Waals surface area contributed by atoms with E-state index in [0.29, 0.717) is 31.4 Å². The summed E-state index contributed by atoms with van der Waals surface area (Å²) < 4.78 is 43.9. The van der Waals surface area contributed by atoms with E-state index in [4.69, 9.17) is 4.74 Å². The van der Waals surface area contributed by atoms with Gasteiger partial charge in [-0.25, -0.2) is 14.8 Å². The fraction of sp³-hybridized carbons (Fsp3) is 0.577. The second kappa shape index (κ2) is 11.5. The van der Waals surface area contributed by atoms with Gasteiger partial charge in [0.1, 0.15) is 5.82 Å². The van der Waals surface area contributed by atoms with Crippen LogP contribution < -0.4 is 4.90 Å². The molecule has 0 N–H and O–H groups in total. The molecule has 2 aliphatic heterocycles. The Hall–Kier alpha value is -2.88. The van der Waals surface area contributed by atoms with E-state index in [1.165, 1.54) is 5.56 Å². The van der Waals surface area contributed by atoms with Crippen LogP contribution in [-0.2, 0) is 17.5 Å². The van der Waals surface area contributed by atoms with Gasteiger partial charge in [-0.3, -0.25) is 9.80 Å². The highest BCUT2D eigenvalue weighted by Gasteiger charge is 2.36. The quantitative estimate of drug-likeness (QED) is 0.560. The van der Waals surface area contributed by atoms with Crippen molar-refractivity contribution in [1.82, 2.24) is 19.8 Å². The van der Waals surface area contributed by atoms with Crippen LogP contribution in [0.4, 0.5) is 23.8 Å². The first kappa shape index (κ1) is 26.2. The maximum atomic E-state index is 12.8.